The molecule has 2 saturated heterocycles. The molecule has 0 aliphatic carbocycles. The number of ether oxygens (including phenoxy) is 2. The van der Waals surface area contributed by atoms with Gasteiger partial charge in [-0.15, -0.1) is 0 Å². The Hall–Kier alpha value is -3.99. The Kier molecular flexibility index (Phi) is 8.96. The molecule has 2 aromatic rings. The summed E-state index contributed by atoms with van der Waals surface area (Å²) in [5, 5.41) is 7.21. The summed E-state index contributed by atoms with van der Waals surface area (Å²) in [4.78, 5) is 67.8. The van der Waals surface area contributed by atoms with E-state index in [4.69, 9.17) is 29.6 Å². The Balaban J connectivity index is 1.40. The van der Waals surface area contributed by atoms with E-state index in [0.29, 0.717) is 0 Å². The first kappa shape index (κ1) is 30.0. The van der Waals surface area contributed by atoms with Crippen molar-refractivity contribution < 1.29 is 28.0 Å². The van der Waals surface area contributed by atoms with E-state index < -0.39 is 80.3 Å². The van der Waals surface area contributed by atoms with Crippen molar-refractivity contribution in [1.29, 1.82) is 0 Å². The first-order valence-electron chi connectivity index (χ1n) is 12.1. The maximum atomic E-state index is 12.6. The van der Waals surface area contributed by atoms with Crippen molar-refractivity contribution in [2.45, 2.75) is 63.4 Å². The highest BCUT2D eigenvalue weighted by Crippen LogP contribution is 2.45. The van der Waals surface area contributed by atoms with Crippen molar-refractivity contribution in [3.05, 3.63) is 86.1 Å². The molecular formula is C20H25N10O10P. The summed E-state index contributed by atoms with van der Waals surface area (Å²) in [6.45, 7) is 1.81. The highest BCUT2D eigenvalue weighted by atomic mass is 31.2. The van der Waals surface area contributed by atoms with E-state index in [1.165, 1.54) is 26.2 Å². The number of aromatic nitrogens is 4. The van der Waals surface area contributed by atoms with Gasteiger partial charge in [0, 0.05) is 46.2 Å². The first-order chi connectivity index (χ1) is 19.4. The van der Waals surface area contributed by atoms with E-state index in [2.05, 4.69) is 30.0 Å². The summed E-state index contributed by atoms with van der Waals surface area (Å²) in [5.41, 5.74) is 15.6. The van der Waals surface area contributed by atoms with E-state index in [0.717, 1.165) is 9.13 Å². The predicted octanol–water partition coefficient (Wildman–Crippen LogP) is 0.770. The van der Waals surface area contributed by atoms with E-state index in [-0.39, 0.29) is 24.0 Å². The topological polar surface area (TPSA) is 281 Å². The van der Waals surface area contributed by atoms with E-state index in [1.54, 1.807) is 0 Å². The second kappa shape index (κ2) is 12.3. The van der Waals surface area contributed by atoms with Gasteiger partial charge in [0.1, 0.15) is 12.5 Å². The Morgan fingerprint density at radius 3 is 1.66 bits per heavy atom. The Morgan fingerprint density at radius 1 is 0.902 bits per heavy atom. The van der Waals surface area contributed by atoms with Crippen LogP contribution in [0, 0.1) is 13.8 Å². The number of aromatic amines is 2. The summed E-state index contributed by atoms with van der Waals surface area (Å²) >= 11 is 0. The minimum absolute atomic E-state index is 0.00874. The van der Waals surface area contributed by atoms with Crippen LogP contribution in [0.4, 0.5) is 0 Å². The van der Waals surface area contributed by atoms with Crippen LogP contribution in [-0.4, -0.2) is 61.5 Å². The minimum atomic E-state index is -4.78. The van der Waals surface area contributed by atoms with Crippen molar-refractivity contribution in [1.82, 2.24) is 19.1 Å². The molecule has 20 nitrogen and oxygen atoms in total. The molecule has 6 unspecified atom stereocenters. The molecule has 4 rings (SSSR count). The van der Waals surface area contributed by atoms with Crippen molar-refractivity contribution in [2.75, 3.05) is 13.2 Å². The number of rotatable bonds is 10. The number of aryl methyl sites for hydroxylation is 2. The second-order valence-electron chi connectivity index (χ2n) is 9.29. The number of nitrogens with zero attached hydrogens (tertiary/aromatic N) is 8. The number of hydrogen-bond acceptors (Lipinski definition) is 11. The molecule has 6 atom stereocenters. The molecule has 4 heterocycles. The third-order valence-corrected chi connectivity index (χ3v) is 7.48. The highest BCUT2D eigenvalue weighted by molar-refractivity contribution is 7.47. The molecule has 0 bridgehead atoms. The van der Waals surface area contributed by atoms with Gasteiger partial charge in [-0.2, -0.15) is 0 Å². The highest BCUT2D eigenvalue weighted by Gasteiger charge is 2.40. The fourth-order valence-electron chi connectivity index (χ4n) is 4.42. The molecule has 2 aromatic heterocycles. The summed E-state index contributed by atoms with van der Waals surface area (Å²) < 4.78 is 36.4. The van der Waals surface area contributed by atoms with Gasteiger partial charge in [0.25, 0.3) is 11.1 Å². The van der Waals surface area contributed by atoms with Crippen LogP contribution in [0.3, 0.4) is 0 Å². The standard InChI is InChI=1S/C20H25N10O10P/c1-9-5-29(19(33)23-17(9)31)15-3-11(25-27-21)13(39-15)7-37-41(35,36)38-8-14-12(26-28-22)4-16(40-14)30-6-10(2)18(32)24-20(30)34/h5-6,11-16H,3-4,7-8H2,1-2H3,(H,35,36)(H,23,31,33)(H,24,32,34). The van der Waals surface area contributed by atoms with Gasteiger partial charge in [-0.3, -0.25) is 37.7 Å². The van der Waals surface area contributed by atoms with Crippen LogP contribution in [0.1, 0.15) is 36.4 Å². The molecule has 0 saturated carbocycles. The lowest BCUT2D eigenvalue weighted by molar-refractivity contribution is -0.0401. The van der Waals surface area contributed by atoms with E-state index in [1.807, 2.05) is 0 Å². The molecule has 2 fully saturated rings. The van der Waals surface area contributed by atoms with Gasteiger partial charge in [0.2, 0.25) is 0 Å². The molecule has 21 heteroatoms. The summed E-state index contributed by atoms with van der Waals surface area (Å²) in [6, 6.07) is -1.78. The van der Waals surface area contributed by atoms with Crippen molar-refractivity contribution in [3.8, 4) is 0 Å². The third-order valence-electron chi connectivity index (χ3n) is 6.52. The summed E-state index contributed by atoms with van der Waals surface area (Å²) in [7, 11) is -4.78. The van der Waals surface area contributed by atoms with Crippen LogP contribution < -0.4 is 22.5 Å². The summed E-state index contributed by atoms with van der Waals surface area (Å²) in [6.07, 6.45) is -1.47. The largest absolute Gasteiger partial charge is 0.472 e. The number of phosphoric acid groups is 1. The minimum Gasteiger partial charge on any atom is -0.352 e. The lowest BCUT2D eigenvalue weighted by Gasteiger charge is -2.21. The number of H-pyrrole nitrogens is 2. The number of azide groups is 2. The van der Waals surface area contributed by atoms with E-state index in [9.17, 15) is 28.6 Å². The molecular weight excluding hydrogens is 571 g/mol. The first-order valence-corrected chi connectivity index (χ1v) is 13.6. The van der Waals surface area contributed by atoms with Crippen LogP contribution in [0.5, 0.6) is 0 Å². The quantitative estimate of drug-likeness (QED) is 0.150. The van der Waals surface area contributed by atoms with Gasteiger partial charge in [-0.25, -0.2) is 14.2 Å². The molecule has 0 amide bonds. The number of nitrogens with one attached hydrogen (secondary N) is 2. The predicted molar refractivity (Wildman–Crippen MR) is 137 cm³/mol. The maximum absolute atomic E-state index is 12.6. The summed E-state index contributed by atoms with van der Waals surface area (Å²) in [5.74, 6) is 0. The van der Waals surface area contributed by atoms with Crippen molar-refractivity contribution in [3.63, 3.8) is 0 Å². The van der Waals surface area contributed by atoms with Crippen LogP contribution in [-0.2, 0) is 23.1 Å². The lowest BCUT2D eigenvalue weighted by atomic mass is 10.1. The number of phosphoric ester groups is 1. The SMILES string of the molecule is Cc1cn(C2CC(N=[N+]=[N-])C(COP(=O)(O)OCC3OC(n4cc(C)c(=O)[nH]c4=O)CC3N=[N+]=[N-])O2)c(=O)[nH]c1=O. The smallest absolute Gasteiger partial charge is 0.352 e. The van der Waals surface area contributed by atoms with Gasteiger partial charge in [0.15, 0.2) is 0 Å². The van der Waals surface area contributed by atoms with Gasteiger partial charge < -0.3 is 14.4 Å². The lowest BCUT2D eigenvalue weighted by Crippen LogP contribution is -2.33. The van der Waals surface area contributed by atoms with E-state index >= 15 is 0 Å². The third kappa shape index (κ3) is 6.84. The maximum Gasteiger partial charge on any atom is 0.472 e. The Morgan fingerprint density at radius 2 is 1.29 bits per heavy atom. The zero-order valence-electron chi connectivity index (χ0n) is 21.6. The molecule has 3 N–H and O–H groups in total. The molecule has 0 radical (unpaired) electrons. The van der Waals surface area contributed by atoms with Crippen molar-refractivity contribution in [2.24, 2.45) is 10.2 Å². The molecule has 41 heavy (non-hydrogen) atoms. The van der Waals surface area contributed by atoms with Crippen LogP contribution in [0.15, 0.2) is 41.8 Å². The average molecular weight is 596 g/mol. The van der Waals surface area contributed by atoms with Gasteiger partial charge in [-0.05, 0) is 24.9 Å². The average Bonchev–Trinajstić information content (AvgIpc) is 3.50. The van der Waals surface area contributed by atoms with Crippen LogP contribution in [0.2, 0.25) is 0 Å². The molecule has 2 aliphatic rings. The monoisotopic (exact) mass is 596 g/mol. The fourth-order valence-corrected chi connectivity index (χ4v) is 5.17. The van der Waals surface area contributed by atoms with Crippen LogP contribution in [0.25, 0.3) is 20.9 Å². The molecule has 220 valence electrons. The molecule has 0 aromatic carbocycles. The van der Waals surface area contributed by atoms with Gasteiger partial charge >= 0.3 is 19.2 Å². The van der Waals surface area contributed by atoms with Gasteiger partial charge in [0.05, 0.1) is 37.5 Å². The normalized spacial score (nSPS) is 27.1. The van der Waals surface area contributed by atoms with Gasteiger partial charge in [-0.1, -0.05) is 10.2 Å². The van der Waals surface area contributed by atoms with Crippen molar-refractivity contribution >= 4 is 7.82 Å². The Labute approximate surface area is 228 Å². The molecule has 0 spiro atoms. The number of hydrogen-bond donors (Lipinski definition) is 3. The zero-order chi connectivity index (χ0) is 29.9. The Bertz CT molecular complexity index is 1570. The zero-order valence-corrected chi connectivity index (χ0v) is 22.5. The van der Waals surface area contributed by atoms with Crippen LogP contribution >= 0.6 is 7.82 Å². The second-order valence-corrected chi connectivity index (χ2v) is 10.7. The fraction of sp³-hybridized carbons (Fsp3) is 0.600. The molecule has 2 aliphatic heterocycles.